The van der Waals surface area contributed by atoms with E-state index in [4.69, 9.17) is 9.26 Å². The van der Waals surface area contributed by atoms with Gasteiger partial charge >= 0.3 is 0 Å². The average molecular weight is 450 g/mol. The maximum absolute atomic E-state index is 5.96. The van der Waals surface area contributed by atoms with Crippen LogP contribution in [0.5, 0.6) is 0 Å². The largest absolute Gasteiger partial charge is 0.376 e. The van der Waals surface area contributed by atoms with Crippen molar-refractivity contribution in [3.8, 4) is 0 Å². The lowest BCUT2D eigenvalue weighted by atomic mass is 10.1. The van der Waals surface area contributed by atoms with E-state index in [1.54, 1.807) is 7.05 Å². The highest BCUT2D eigenvalue weighted by Gasteiger charge is 2.12. The first-order chi connectivity index (χ1) is 11.3. The monoisotopic (exact) mass is 450 g/mol. The maximum atomic E-state index is 5.96. The van der Waals surface area contributed by atoms with Gasteiger partial charge in [0.1, 0.15) is 0 Å². The molecule has 1 saturated carbocycles. The molecule has 0 aromatic carbocycles. The first-order valence-corrected chi connectivity index (χ1v) is 8.82. The van der Waals surface area contributed by atoms with E-state index in [0.717, 1.165) is 30.4 Å². The third-order valence-electron chi connectivity index (χ3n) is 4.17. The predicted octanol–water partition coefficient (Wildman–Crippen LogP) is 3.26. The van der Waals surface area contributed by atoms with Crippen LogP contribution in [0.15, 0.2) is 15.6 Å². The number of ether oxygens (including phenoxy) is 1. The summed E-state index contributed by atoms with van der Waals surface area (Å²) >= 11 is 0. The van der Waals surface area contributed by atoms with E-state index < -0.39 is 0 Å². The molecule has 1 fully saturated rings. The fourth-order valence-corrected chi connectivity index (χ4v) is 2.80. The van der Waals surface area contributed by atoms with Crippen molar-refractivity contribution in [3.63, 3.8) is 0 Å². The van der Waals surface area contributed by atoms with Crippen molar-refractivity contribution < 1.29 is 9.26 Å². The number of aromatic nitrogens is 1. The summed E-state index contributed by atoms with van der Waals surface area (Å²) in [6.45, 7) is 4.11. The average Bonchev–Trinajstić information content (AvgIpc) is 2.88. The van der Waals surface area contributed by atoms with Crippen LogP contribution in [-0.2, 0) is 17.7 Å². The highest BCUT2D eigenvalue weighted by Crippen LogP contribution is 2.19. The number of aryl methyl sites for hydroxylation is 1. The fourth-order valence-electron chi connectivity index (χ4n) is 2.80. The Bertz CT molecular complexity index is 471. The highest BCUT2D eigenvalue weighted by molar-refractivity contribution is 14.0. The molecule has 2 rings (SSSR count). The van der Waals surface area contributed by atoms with Crippen LogP contribution in [0.4, 0.5) is 0 Å². The van der Waals surface area contributed by atoms with Gasteiger partial charge in [0.15, 0.2) is 11.7 Å². The summed E-state index contributed by atoms with van der Waals surface area (Å²) in [5, 5.41) is 10.5. The predicted molar refractivity (Wildman–Crippen MR) is 107 cm³/mol. The van der Waals surface area contributed by atoms with Gasteiger partial charge in [-0.25, -0.2) is 0 Å². The van der Waals surface area contributed by atoms with Crippen LogP contribution in [-0.4, -0.2) is 37.4 Å². The molecule has 6 nitrogen and oxygen atoms in total. The second-order valence-electron chi connectivity index (χ2n) is 5.98. The summed E-state index contributed by atoms with van der Waals surface area (Å²) in [6, 6.07) is 1.97. The number of aliphatic imine (C=N–C) groups is 1. The fraction of sp³-hybridized carbons (Fsp3) is 0.765. The maximum Gasteiger partial charge on any atom is 0.191 e. The standard InChI is InChI=1S/C17H30N4O2.HI/c1-3-14-12-16(23-21-14)13-20-17(18-2)19-10-11-22-15-8-6-4-5-7-9-15;/h12,15H,3-11,13H2,1-2H3,(H2,18,19,20);1H. The zero-order valence-corrected chi connectivity index (χ0v) is 17.2. The smallest absolute Gasteiger partial charge is 0.191 e. The number of nitrogens with zero attached hydrogens (tertiary/aromatic N) is 2. The summed E-state index contributed by atoms with van der Waals surface area (Å²) in [6.07, 6.45) is 9.06. The lowest BCUT2D eigenvalue weighted by molar-refractivity contribution is 0.0468. The van der Waals surface area contributed by atoms with Crippen molar-refractivity contribution in [1.82, 2.24) is 15.8 Å². The van der Waals surface area contributed by atoms with Crippen LogP contribution in [0.2, 0.25) is 0 Å². The zero-order valence-electron chi connectivity index (χ0n) is 14.8. The van der Waals surface area contributed by atoms with Gasteiger partial charge in [-0.3, -0.25) is 4.99 Å². The highest BCUT2D eigenvalue weighted by atomic mass is 127. The molecular formula is C17H31IN4O2. The molecule has 2 N–H and O–H groups in total. The number of nitrogens with one attached hydrogen (secondary N) is 2. The topological polar surface area (TPSA) is 71.7 Å². The van der Waals surface area contributed by atoms with Gasteiger partial charge in [-0.2, -0.15) is 0 Å². The Kier molecular flexibility index (Phi) is 11.1. The molecule has 7 heteroatoms. The Morgan fingerprint density at radius 3 is 2.67 bits per heavy atom. The van der Waals surface area contributed by atoms with E-state index in [2.05, 4.69) is 27.7 Å². The lowest BCUT2D eigenvalue weighted by Gasteiger charge is -2.16. The number of rotatable bonds is 7. The van der Waals surface area contributed by atoms with E-state index >= 15 is 0 Å². The Balaban J connectivity index is 0.00000288. The van der Waals surface area contributed by atoms with Crippen molar-refractivity contribution >= 4 is 29.9 Å². The Labute approximate surface area is 162 Å². The molecule has 24 heavy (non-hydrogen) atoms. The molecule has 0 aliphatic heterocycles. The number of hydrogen-bond donors (Lipinski definition) is 2. The van der Waals surface area contributed by atoms with Crippen molar-refractivity contribution in [2.24, 2.45) is 4.99 Å². The van der Waals surface area contributed by atoms with E-state index in [1.165, 1.54) is 38.5 Å². The van der Waals surface area contributed by atoms with Crippen LogP contribution in [0.25, 0.3) is 0 Å². The van der Waals surface area contributed by atoms with Crippen LogP contribution in [0.3, 0.4) is 0 Å². The molecular weight excluding hydrogens is 419 g/mol. The molecule has 1 aliphatic carbocycles. The molecule has 0 unspecified atom stereocenters. The zero-order chi connectivity index (χ0) is 16.3. The first-order valence-electron chi connectivity index (χ1n) is 8.82. The van der Waals surface area contributed by atoms with Crippen molar-refractivity contribution in [1.29, 1.82) is 0 Å². The SMILES string of the molecule is CCc1cc(CNC(=NC)NCCOC2CCCCCC2)on1.I. The van der Waals surface area contributed by atoms with E-state index in [1.807, 2.05) is 6.07 Å². The second-order valence-corrected chi connectivity index (χ2v) is 5.98. The molecule has 0 radical (unpaired) electrons. The first kappa shape index (κ1) is 21.2. The third kappa shape index (κ3) is 7.83. The van der Waals surface area contributed by atoms with Crippen molar-refractivity contribution in [2.45, 2.75) is 64.5 Å². The summed E-state index contributed by atoms with van der Waals surface area (Å²) in [5.41, 5.74) is 0.974. The van der Waals surface area contributed by atoms with Gasteiger partial charge in [-0.05, 0) is 19.3 Å². The molecule has 1 aliphatic rings. The van der Waals surface area contributed by atoms with Gasteiger partial charge in [0.2, 0.25) is 0 Å². The number of halogens is 1. The van der Waals surface area contributed by atoms with Crippen LogP contribution < -0.4 is 10.6 Å². The van der Waals surface area contributed by atoms with E-state index in [-0.39, 0.29) is 24.0 Å². The molecule has 138 valence electrons. The molecule has 0 spiro atoms. The minimum atomic E-state index is 0. The van der Waals surface area contributed by atoms with Crippen molar-refractivity contribution in [2.75, 3.05) is 20.2 Å². The van der Waals surface area contributed by atoms with Crippen LogP contribution in [0, 0.1) is 0 Å². The molecule has 1 heterocycles. The molecule has 1 aromatic heterocycles. The Hall–Kier alpha value is -0.830. The molecule has 1 aromatic rings. The third-order valence-corrected chi connectivity index (χ3v) is 4.17. The van der Waals surface area contributed by atoms with Gasteiger partial charge in [-0.15, -0.1) is 24.0 Å². The molecule has 0 amide bonds. The quantitative estimate of drug-likeness (QED) is 0.219. The summed E-state index contributed by atoms with van der Waals surface area (Å²) in [5.74, 6) is 1.57. The van der Waals surface area contributed by atoms with Crippen LogP contribution in [0.1, 0.15) is 56.9 Å². The van der Waals surface area contributed by atoms with Gasteiger partial charge in [0.25, 0.3) is 0 Å². The van der Waals surface area contributed by atoms with Crippen LogP contribution >= 0.6 is 24.0 Å². The summed E-state index contributed by atoms with van der Waals surface area (Å²) < 4.78 is 11.2. The molecule has 0 bridgehead atoms. The lowest BCUT2D eigenvalue weighted by Crippen LogP contribution is -2.38. The Morgan fingerprint density at radius 2 is 2.04 bits per heavy atom. The van der Waals surface area contributed by atoms with Crippen molar-refractivity contribution in [3.05, 3.63) is 17.5 Å². The molecule has 0 atom stereocenters. The normalized spacial score (nSPS) is 16.3. The minimum absolute atomic E-state index is 0. The van der Waals surface area contributed by atoms with E-state index in [0.29, 0.717) is 19.3 Å². The van der Waals surface area contributed by atoms with Gasteiger partial charge in [-0.1, -0.05) is 37.8 Å². The Morgan fingerprint density at radius 1 is 1.29 bits per heavy atom. The van der Waals surface area contributed by atoms with E-state index in [9.17, 15) is 0 Å². The minimum Gasteiger partial charge on any atom is -0.376 e. The van der Waals surface area contributed by atoms with Gasteiger partial charge < -0.3 is 19.9 Å². The van der Waals surface area contributed by atoms with Gasteiger partial charge in [0, 0.05) is 19.7 Å². The number of hydrogen-bond acceptors (Lipinski definition) is 4. The molecule has 0 saturated heterocycles. The summed E-state index contributed by atoms with van der Waals surface area (Å²) in [7, 11) is 1.76. The number of guanidine groups is 1. The second kappa shape index (κ2) is 12.5. The summed E-state index contributed by atoms with van der Waals surface area (Å²) in [4.78, 5) is 4.21. The van der Waals surface area contributed by atoms with Gasteiger partial charge in [0.05, 0.1) is 24.9 Å².